The van der Waals surface area contributed by atoms with Gasteiger partial charge in [0.2, 0.25) is 5.91 Å². The number of amides is 1. The highest BCUT2D eigenvalue weighted by molar-refractivity contribution is 7.73. The zero-order chi connectivity index (χ0) is 20.0. The topological polar surface area (TPSA) is 66.8 Å². The molecule has 1 aliphatic heterocycles. The second-order valence-corrected chi connectivity index (χ2v) is 9.24. The number of ether oxygens (including phenoxy) is 1. The van der Waals surface area contributed by atoms with Gasteiger partial charge in [-0.05, 0) is 39.9 Å². The Labute approximate surface area is 170 Å². The fraction of sp³-hybridized carbons (Fsp3) is 0.722. The summed E-state index contributed by atoms with van der Waals surface area (Å²) in [5.74, 6) is -0.165. The molecule has 1 saturated heterocycles. The predicted octanol–water partition coefficient (Wildman–Crippen LogP) is 1.87. The number of piperazine rings is 1. The highest BCUT2D eigenvalue weighted by Gasteiger charge is 2.22. The molecular formula is C18H30N4O3S2. The summed E-state index contributed by atoms with van der Waals surface area (Å²) >= 11 is 6.90. The number of nitrogens with one attached hydrogen (secondary N) is 1. The summed E-state index contributed by atoms with van der Waals surface area (Å²) < 4.78 is 7.82. The molecule has 1 aromatic rings. The van der Waals surface area contributed by atoms with Gasteiger partial charge in [-0.25, -0.2) is 0 Å². The van der Waals surface area contributed by atoms with Crippen LogP contribution in [0.2, 0.25) is 0 Å². The van der Waals surface area contributed by atoms with Crippen LogP contribution in [-0.2, 0) is 27.4 Å². The van der Waals surface area contributed by atoms with E-state index in [0.717, 1.165) is 35.8 Å². The summed E-state index contributed by atoms with van der Waals surface area (Å²) in [6, 6.07) is 0. The monoisotopic (exact) mass is 414 g/mol. The lowest BCUT2D eigenvalue weighted by Crippen LogP contribution is -2.51. The third kappa shape index (κ3) is 7.33. The lowest BCUT2D eigenvalue weighted by atomic mass is 10.1. The Bertz CT molecular complexity index is 700. The average molecular weight is 415 g/mol. The van der Waals surface area contributed by atoms with Gasteiger partial charge >= 0.3 is 5.97 Å². The molecule has 0 spiro atoms. The molecule has 1 aliphatic rings. The van der Waals surface area contributed by atoms with E-state index >= 15 is 0 Å². The molecule has 2 rings (SSSR count). The molecule has 9 heteroatoms. The normalized spacial score (nSPS) is 16.3. The van der Waals surface area contributed by atoms with Crippen LogP contribution in [0, 0.1) is 3.95 Å². The summed E-state index contributed by atoms with van der Waals surface area (Å²) in [7, 11) is 0. The minimum Gasteiger partial charge on any atom is -0.466 e. The number of carbonyl (C=O) groups excluding carboxylic acids is 2. The minimum absolute atomic E-state index is 0.0627. The molecule has 27 heavy (non-hydrogen) atoms. The molecular weight excluding hydrogens is 384 g/mol. The number of hydrogen-bond acceptors (Lipinski definition) is 7. The van der Waals surface area contributed by atoms with Gasteiger partial charge in [-0.3, -0.25) is 19.4 Å². The number of carbonyl (C=O) groups is 2. The van der Waals surface area contributed by atoms with E-state index in [-0.39, 0.29) is 23.8 Å². The van der Waals surface area contributed by atoms with Gasteiger partial charge in [0, 0.05) is 42.8 Å². The molecule has 0 aliphatic carbocycles. The molecule has 0 radical (unpaired) electrons. The van der Waals surface area contributed by atoms with E-state index in [0.29, 0.717) is 19.8 Å². The maximum absolute atomic E-state index is 12.1. The van der Waals surface area contributed by atoms with Crippen molar-refractivity contribution in [3.05, 3.63) is 15.0 Å². The average Bonchev–Trinajstić information content (AvgIpc) is 2.88. The summed E-state index contributed by atoms with van der Waals surface area (Å²) in [5, 5.41) is 4.94. The Morgan fingerprint density at radius 2 is 1.85 bits per heavy atom. The highest BCUT2D eigenvalue weighted by atomic mass is 32.1. The van der Waals surface area contributed by atoms with Gasteiger partial charge in [-0.15, -0.1) is 11.3 Å². The second-order valence-electron chi connectivity index (χ2n) is 7.74. The van der Waals surface area contributed by atoms with Crippen molar-refractivity contribution in [1.82, 2.24) is 19.7 Å². The molecule has 0 atom stereocenters. The first kappa shape index (κ1) is 22.0. The van der Waals surface area contributed by atoms with Crippen LogP contribution in [-0.4, -0.2) is 71.1 Å². The van der Waals surface area contributed by atoms with Gasteiger partial charge in [0.15, 0.2) is 3.95 Å². The third-order valence-electron chi connectivity index (χ3n) is 4.18. The Balaban J connectivity index is 1.85. The van der Waals surface area contributed by atoms with E-state index in [1.54, 1.807) is 6.92 Å². The zero-order valence-corrected chi connectivity index (χ0v) is 18.3. The molecule has 1 amide bonds. The predicted molar refractivity (Wildman–Crippen MR) is 109 cm³/mol. The molecule has 2 heterocycles. The minimum atomic E-state index is -0.228. The van der Waals surface area contributed by atoms with Crippen molar-refractivity contribution in [2.45, 2.75) is 46.3 Å². The van der Waals surface area contributed by atoms with Gasteiger partial charge in [-0.1, -0.05) is 0 Å². The van der Waals surface area contributed by atoms with Crippen LogP contribution in [0.1, 0.15) is 33.4 Å². The summed E-state index contributed by atoms with van der Waals surface area (Å²) in [5.41, 5.74) is 0.694. The first-order valence-corrected chi connectivity index (χ1v) is 10.6. The van der Waals surface area contributed by atoms with E-state index in [2.05, 4.69) is 15.1 Å². The van der Waals surface area contributed by atoms with Crippen LogP contribution in [0.4, 0.5) is 0 Å². The largest absolute Gasteiger partial charge is 0.466 e. The molecule has 1 N–H and O–H groups in total. The van der Waals surface area contributed by atoms with E-state index in [1.807, 2.05) is 30.7 Å². The Morgan fingerprint density at radius 3 is 2.44 bits per heavy atom. The van der Waals surface area contributed by atoms with Crippen LogP contribution in [0.25, 0.3) is 0 Å². The first-order chi connectivity index (χ1) is 12.7. The molecule has 7 nitrogen and oxygen atoms in total. The van der Waals surface area contributed by atoms with Crippen molar-refractivity contribution in [2.24, 2.45) is 0 Å². The molecule has 0 aromatic carbocycles. The molecule has 1 aromatic heterocycles. The summed E-state index contributed by atoms with van der Waals surface area (Å²) in [6.07, 6.45) is 0.244. The molecule has 1 fully saturated rings. The van der Waals surface area contributed by atoms with Crippen molar-refractivity contribution in [1.29, 1.82) is 0 Å². The van der Waals surface area contributed by atoms with Gasteiger partial charge < -0.3 is 14.6 Å². The third-order valence-corrected chi connectivity index (χ3v) is 5.50. The Morgan fingerprint density at radius 1 is 1.22 bits per heavy atom. The maximum Gasteiger partial charge on any atom is 0.311 e. The van der Waals surface area contributed by atoms with Gasteiger partial charge in [0.25, 0.3) is 0 Å². The maximum atomic E-state index is 12.1. The van der Waals surface area contributed by atoms with Crippen LogP contribution in [0.3, 0.4) is 0 Å². The smallest absolute Gasteiger partial charge is 0.311 e. The highest BCUT2D eigenvalue weighted by Crippen LogP contribution is 2.15. The molecule has 152 valence electrons. The van der Waals surface area contributed by atoms with E-state index < -0.39 is 0 Å². The molecule has 0 unspecified atom stereocenters. The zero-order valence-electron chi connectivity index (χ0n) is 16.6. The SMILES string of the molecule is CCOC(=O)Cc1csc(=S)n1CN1CCN(CC(=O)NC(C)(C)C)CC1. The Kier molecular flexibility index (Phi) is 7.96. The number of nitrogens with zero attached hydrogens (tertiary/aromatic N) is 3. The van der Waals surface area contributed by atoms with Crippen LogP contribution < -0.4 is 5.32 Å². The molecule has 0 bridgehead atoms. The van der Waals surface area contributed by atoms with Crippen molar-refractivity contribution in [3.8, 4) is 0 Å². The van der Waals surface area contributed by atoms with E-state index in [1.165, 1.54) is 11.3 Å². The standard InChI is InChI=1S/C18H30N4O3S2/c1-5-25-16(24)10-14-12-27-17(26)22(14)13-21-8-6-20(7-9-21)11-15(23)19-18(2,3)4/h12H,5-11,13H2,1-4H3,(H,19,23). The van der Waals surface area contributed by atoms with Gasteiger partial charge in [0.05, 0.1) is 26.2 Å². The summed E-state index contributed by atoms with van der Waals surface area (Å²) in [6.45, 7) is 12.6. The lowest BCUT2D eigenvalue weighted by molar-refractivity contribution is -0.142. The first-order valence-electron chi connectivity index (χ1n) is 9.26. The number of hydrogen-bond donors (Lipinski definition) is 1. The fourth-order valence-corrected chi connectivity index (χ4v) is 4.03. The number of esters is 1. The van der Waals surface area contributed by atoms with Gasteiger partial charge in [-0.2, -0.15) is 0 Å². The van der Waals surface area contributed by atoms with Crippen molar-refractivity contribution in [2.75, 3.05) is 39.3 Å². The lowest BCUT2D eigenvalue weighted by Gasteiger charge is -2.35. The number of aromatic nitrogens is 1. The fourth-order valence-electron chi connectivity index (χ4n) is 2.96. The van der Waals surface area contributed by atoms with Crippen LogP contribution in [0.15, 0.2) is 5.38 Å². The number of thiazole rings is 1. The number of rotatable bonds is 7. The molecule has 0 saturated carbocycles. The van der Waals surface area contributed by atoms with E-state index in [4.69, 9.17) is 17.0 Å². The van der Waals surface area contributed by atoms with E-state index in [9.17, 15) is 9.59 Å². The summed E-state index contributed by atoms with van der Waals surface area (Å²) in [4.78, 5) is 28.3. The van der Waals surface area contributed by atoms with Crippen molar-refractivity contribution >= 4 is 35.4 Å². The second kappa shape index (κ2) is 9.77. The van der Waals surface area contributed by atoms with Crippen LogP contribution in [0.5, 0.6) is 0 Å². The quantitative estimate of drug-likeness (QED) is 0.543. The van der Waals surface area contributed by atoms with Crippen molar-refractivity contribution < 1.29 is 14.3 Å². The Hall–Kier alpha value is -1.29. The van der Waals surface area contributed by atoms with Gasteiger partial charge in [0.1, 0.15) is 0 Å². The van der Waals surface area contributed by atoms with Crippen LogP contribution >= 0.6 is 23.6 Å². The van der Waals surface area contributed by atoms with Crippen molar-refractivity contribution in [3.63, 3.8) is 0 Å².